The minimum atomic E-state index is -0.876. The van der Waals surface area contributed by atoms with E-state index in [0.29, 0.717) is 18.7 Å². The Balaban J connectivity index is 2.46. The van der Waals surface area contributed by atoms with Crippen LogP contribution in [0.3, 0.4) is 0 Å². The Morgan fingerprint density at radius 3 is 3.00 bits per heavy atom. The molecular formula is C13H18N2O2. The second-order valence-corrected chi connectivity index (χ2v) is 3.79. The Morgan fingerprint density at radius 2 is 2.35 bits per heavy atom. The standard InChI is InChI=1S/C13H18N2O2/c1-3-11-5-4-7-15-12(11)9-14-8-6-10(2)13(16)17/h4-7,14H,3,8-9H2,1-2H3,(H,16,17)/b10-6-. The average molecular weight is 234 g/mol. The molecule has 0 aliphatic heterocycles. The van der Waals surface area contributed by atoms with E-state index < -0.39 is 5.97 Å². The molecule has 1 aromatic heterocycles. The number of rotatable bonds is 6. The molecule has 17 heavy (non-hydrogen) atoms. The summed E-state index contributed by atoms with van der Waals surface area (Å²) < 4.78 is 0. The highest BCUT2D eigenvalue weighted by Crippen LogP contribution is 2.05. The van der Waals surface area contributed by atoms with Crippen molar-refractivity contribution in [3.05, 3.63) is 41.2 Å². The number of aliphatic carboxylic acids is 1. The van der Waals surface area contributed by atoms with Crippen LogP contribution >= 0.6 is 0 Å². The van der Waals surface area contributed by atoms with Crippen molar-refractivity contribution in [1.29, 1.82) is 0 Å². The van der Waals surface area contributed by atoms with E-state index in [0.717, 1.165) is 12.1 Å². The van der Waals surface area contributed by atoms with Gasteiger partial charge in [0.05, 0.1) is 5.69 Å². The van der Waals surface area contributed by atoms with Gasteiger partial charge in [0.15, 0.2) is 0 Å². The molecule has 0 bridgehead atoms. The van der Waals surface area contributed by atoms with Gasteiger partial charge in [-0.15, -0.1) is 0 Å². The van der Waals surface area contributed by atoms with Crippen LogP contribution in [0, 0.1) is 0 Å². The lowest BCUT2D eigenvalue weighted by Crippen LogP contribution is -2.16. The molecule has 0 aliphatic carbocycles. The molecule has 0 radical (unpaired) electrons. The summed E-state index contributed by atoms with van der Waals surface area (Å²) in [5.74, 6) is -0.876. The molecule has 0 aliphatic rings. The maximum atomic E-state index is 10.6. The average Bonchev–Trinajstić information content (AvgIpc) is 2.34. The molecule has 0 amide bonds. The molecule has 0 unspecified atom stereocenters. The molecule has 2 N–H and O–H groups in total. The summed E-state index contributed by atoms with van der Waals surface area (Å²) in [6.07, 6.45) is 4.39. The van der Waals surface area contributed by atoms with Gasteiger partial charge in [-0.05, 0) is 25.0 Å². The molecule has 0 aromatic carbocycles. The topological polar surface area (TPSA) is 62.2 Å². The van der Waals surface area contributed by atoms with Crippen molar-refractivity contribution in [2.24, 2.45) is 0 Å². The van der Waals surface area contributed by atoms with E-state index in [4.69, 9.17) is 5.11 Å². The van der Waals surface area contributed by atoms with Crippen molar-refractivity contribution in [1.82, 2.24) is 10.3 Å². The molecule has 0 saturated carbocycles. The maximum Gasteiger partial charge on any atom is 0.330 e. The highest BCUT2D eigenvalue weighted by molar-refractivity contribution is 5.85. The molecule has 1 rings (SSSR count). The number of carboxylic acid groups (broad SMARTS) is 1. The van der Waals surface area contributed by atoms with Crippen LogP contribution in [0.25, 0.3) is 0 Å². The number of carbonyl (C=O) groups is 1. The largest absolute Gasteiger partial charge is 0.478 e. The quantitative estimate of drug-likeness (QED) is 0.581. The number of aryl methyl sites for hydroxylation is 1. The fourth-order valence-corrected chi connectivity index (χ4v) is 1.46. The number of nitrogens with zero attached hydrogens (tertiary/aromatic N) is 1. The van der Waals surface area contributed by atoms with Gasteiger partial charge in [-0.25, -0.2) is 4.79 Å². The van der Waals surface area contributed by atoms with Crippen LogP contribution in [0.4, 0.5) is 0 Å². The minimum absolute atomic E-state index is 0.356. The minimum Gasteiger partial charge on any atom is -0.478 e. The van der Waals surface area contributed by atoms with Crippen molar-refractivity contribution in [3.63, 3.8) is 0 Å². The molecule has 0 spiro atoms. The van der Waals surface area contributed by atoms with Crippen molar-refractivity contribution < 1.29 is 9.90 Å². The third-order valence-corrected chi connectivity index (χ3v) is 2.55. The molecule has 0 saturated heterocycles. The number of carboxylic acids is 1. The van der Waals surface area contributed by atoms with E-state index in [1.165, 1.54) is 5.56 Å². The van der Waals surface area contributed by atoms with E-state index in [2.05, 4.69) is 23.3 Å². The molecule has 0 atom stereocenters. The van der Waals surface area contributed by atoms with Gasteiger partial charge in [0, 0.05) is 24.9 Å². The van der Waals surface area contributed by atoms with Crippen LogP contribution in [-0.4, -0.2) is 22.6 Å². The zero-order valence-electron chi connectivity index (χ0n) is 10.2. The maximum absolute atomic E-state index is 10.6. The highest BCUT2D eigenvalue weighted by Gasteiger charge is 2.01. The Hall–Kier alpha value is -1.68. The summed E-state index contributed by atoms with van der Waals surface area (Å²) in [5.41, 5.74) is 2.60. The first-order valence-corrected chi connectivity index (χ1v) is 5.68. The van der Waals surface area contributed by atoms with Crippen molar-refractivity contribution >= 4 is 5.97 Å². The summed E-state index contributed by atoms with van der Waals surface area (Å²) in [6.45, 7) is 4.88. The monoisotopic (exact) mass is 234 g/mol. The second-order valence-electron chi connectivity index (χ2n) is 3.79. The van der Waals surface area contributed by atoms with Gasteiger partial charge in [-0.3, -0.25) is 4.98 Å². The van der Waals surface area contributed by atoms with E-state index >= 15 is 0 Å². The Labute approximate surface area is 101 Å². The van der Waals surface area contributed by atoms with E-state index in [9.17, 15) is 4.79 Å². The molecular weight excluding hydrogens is 216 g/mol. The van der Waals surface area contributed by atoms with Gasteiger partial charge in [-0.2, -0.15) is 0 Å². The van der Waals surface area contributed by atoms with Gasteiger partial charge in [0.1, 0.15) is 0 Å². The predicted molar refractivity (Wildman–Crippen MR) is 66.7 cm³/mol. The summed E-state index contributed by atoms with van der Waals surface area (Å²) >= 11 is 0. The smallest absolute Gasteiger partial charge is 0.330 e. The lowest BCUT2D eigenvalue weighted by atomic mass is 10.1. The number of hydrogen-bond acceptors (Lipinski definition) is 3. The van der Waals surface area contributed by atoms with Crippen LogP contribution in [0.2, 0.25) is 0 Å². The number of hydrogen-bond donors (Lipinski definition) is 2. The summed E-state index contributed by atoms with van der Waals surface area (Å²) in [5, 5.41) is 11.8. The molecule has 92 valence electrons. The van der Waals surface area contributed by atoms with Crippen LogP contribution in [0.15, 0.2) is 30.0 Å². The van der Waals surface area contributed by atoms with Crippen molar-refractivity contribution in [3.8, 4) is 0 Å². The zero-order chi connectivity index (χ0) is 12.7. The fraction of sp³-hybridized carbons (Fsp3) is 0.385. The fourth-order valence-electron chi connectivity index (χ4n) is 1.46. The predicted octanol–water partition coefficient (Wildman–Crippen LogP) is 1.76. The number of pyridine rings is 1. The van der Waals surface area contributed by atoms with E-state index in [1.807, 2.05) is 6.07 Å². The van der Waals surface area contributed by atoms with Crippen LogP contribution < -0.4 is 5.32 Å². The molecule has 4 heteroatoms. The van der Waals surface area contributed by atoms with Crippen LogP contribution in [-0.2, 0) is 17.8 Å². The van der Waals surface area contributed by atoms with Crippen molar-refractivity contribution in [2.45, 2.75) is 26.8 Å². The first-order chi connectivity index (χ1) is 8.15. The first kappa shape index (κ1) is 13.4. The SMILES string of the molecule is CCc1cccnc1CNC/C=C(/C)C(=O)O. The lowest BCUT2D eigenvalue weighted by Gasteiger charge is -2.06. The number of nitrogens with one attached hydrogen (secondary N) is 1. The second kappa shape index (κ2) is 6.81. The third-order valence-electron chi connectivity index (χ3n) is 2.55. The van der Waals surface area contributed by atoms with E-state index in [1.54, 1.807) is 19.2 Å². The molecule has 1 heterocycles. The third kappa shape index (κ3) is 4.36. The summed E-state index contributed by atoms with van der Waals surface area (Å²) in [7, 11) is 0. The highest BCUT2D eigenvalue weighted by atomic mass is 16.4. The van der Waals surface area contributed by atoms with Gasteiger partial charge in [-0.1, -0.05) is 19.1 Å². The van der Waals surface area contributed by atoms with Gasteiger partial charge in [0.2, 0.25) is 0 Å². The molecule has 4 nitrogen and oxygen atoms in total. The Morgan fingerprint density at radius 1 is 1.59 bits per heavy atom. The molecule has 0 fully saturated rings. The van der Waals surface area contributed by atoms with Gasteiger partial charge < -0.3 is 10.4 Å². The van der Waals surface area contributed by atoms with E-state index in [-0.39, 0.29) is 0 Å². The van der Waals surface area contributed by atoms with Crippen LogP contribution in [0.1, 0.15) is 25.1 Å². The van der Waals surface area contributed by atoms with Crippen molar-refractivity contribution in [2.75, 3.05) is 6.54 Å². The molecule has 1 aromatic rings. The zero-order valence-corrected chi connectivity index (χ0v) is 10.2. The van der Waals surface area contributed by atoms with Crippen LogP contribution in [0.5, 0.6) is 0 Å². The normalized spacial score (nSPS) is 11.5. The number of aromatic nitrogens is 1. The lowest BCUT2D eigenvalue weighted by molar-refractivity contribution is -0.132. The Kier molecular flexibility index (Phi) is 5.36. The Bertz CT molecular complexity index is 414. The first-order valence-electron chi connectivity index (χ1n) is 5.68. The van der Waals surface area contributed by atoms with Gasteiger partial charge >= 0.3 is 5.97 Å². The van der Waals surface area contributed by atoms with Gasteiger partial charge in [0.25, 0.3) is 0 Å². The summed E-state index contributed by atoms with van der Waals surface area (Å²) in [6, 6.07) is 3.99. The summed E-state index contributed by atoms with van der Waals surface area (Å²) in [4.78, 5) is 14.9.